The highest BCUT2D eigenvalue weighted by Crippen LogP contribution is 2.19. The number of hydrogen-bond donors (Lipinski definition) is 3. The number of aromatic nitrogens is 2. The summed E-state index contributed by atoms with van der Waals surface area (Å²) in [7, 11) is -3.75. The van der Waals surface area contributed by atoms with Gasteiger partial charge in [0.05, 0.1) is 4.90 Å². The Morgan fingerprint density at radius 3 is 2.59 bits per heavy atom. The molecule has 0 radical (unpaired) electrons. The van der Waals surface area contributed by atoms with E-state index in [2.05, 4.69) is 20.6 Å². The van der Waals surface area contributed by atoms with Crippen molar-refractivity contribution in [3.63, 3.8) is 0 Å². The van der Waals surface area contributed by atoms with E-state index in [1.54, 1.807) is 37.3 Å². The highest BCUT2D eigenvalue weighted by Gasteiger charge is 2.08. The van der Waals surface area contributed by atoms with Gasteiger partial charge < -0.3 is 10.6 Å². The van der Waals surface area contributed by atoms with Crippen LogP contribution in [0.15, 0.2) is 59.8 Å². The van der Waals surface area contributed by atoms with Gasteiger partial charge in [-0.3, -0.25) is 0 Å². The van der Waals surface area contributed by atoms with Gasteiger partial charge in [0.1, 0.15) is 23.8 Å². The Morgan fingerprint density at radius 1 is 1.07 bits per heavy atom. The predicted molar refractivity (Wildman–Crippen MR) is 102 cm³/mol. The molecule has 3 rings (SSSR count). The van der Waals surface area contributed by atoms with Gasteiger partial charge in [-0.25, -0.2) is 27.9 Å². The van der Waals surface area contributed by atoms with Crippen LogP contribution in [0.2, 0.25) is 0 Å². The first-order chi connectivity index (χ1) is 12.8. The number of nitrogens with one attached hydrogen (secondary N) is 2. The van der Waals surface area contributed by atoms with E-state index in [9.17, 15) is 12.8 Å². The van der Waals surface area contributed by atoms with Crippen LogP contribution in [0.25, 0.3) is 0 Å². The quantitative estimate of drug-likeness (QED) is 0.600. The number of halogens is 1. The average Bonchev–Trinajstić information content (AvgIpc) is 2.63. The molecule has 1 aromatic heterocycles. The molecule has 140 valence electrons. The third-order valence-electron chi connectivity index (χ3n) is 3.80. The maximum absolute atomic E-state index is 13.4. The van der Waals surface area contributed by atoms with Crippen LogP contribution in [0, 0.1) is 12.7 Å². The fraction of sp³-hybridized carbons (Fsp3) is 0.111. The molecule has 27 heavy (non-hydrogen) atoms. The number of benzene rings is 2. The Balaban J connectivity index is 1.70. The third kappa shape index (κ3) is 4.99. The van der Waals surface area contributed by atoms with Crippen molar-refractivity contribution in [1.82, 2.24) is 9.97 Å². The standard InChI is InChI=1S/C18H18FN5O2S/c1-12-7-14(5-6-16(12)19)24-18-9-17(22-11-23-18)21-10-13-3-2-4-15(8-13)27(20,25)26/h2-9,11H,10H2,1H3,(H2,20,25,26)(H2,21,22,23,24). The first kappa shape index (κ1) is 18.7. The van der Waals surface area contributed by atoms with E-state index < -0.39 is 10.0 Å². The fourth-order valence-corrected chi connectivity index (χ4v) is 3.00. The largest absolute Gasteiger partial charge is 0.366 e. The van der Waals surface area contributed by atoms with Gasteiger partial charge in [-0.1, -0.05) is 12.1 Å². The highest BCUT2D eigenvalue weighted by molar-refractivity contribution is 7.89. The number of primary sulfonamides is 1. The van der Waals surface area contributed by atoms with E-state index in [1.165, 1.54) is 24.5 Å². The molecular weight excluding hydrogens is 369 g/mol. The van der Waals surface area contributed by atoms with Gasteiger partial charge in [0.15, 0.2) is 0 Å². The van der Waals surface area contributed by atoms with Gasteiger partial charge in [0.2, 0.25) is 10.0 Å². The van der Waals surface area contributed by atoms with Crippen LogP contribution in [0.5, 0.6) is 0 Å². The van der Waals surface area contributed by atoms with E-state index in [1.807, 2.05) is 0 Å². The van der Waals surface area contributed by atoms with Gasteiger partial charge in [0, 0.05) is 18.3 Å². The Bertz CT molecular complexity index is 1070. The van der Waals surface area contributed by atoms with Crippen molar-refractivity contribution in [1.29, 1.82) is 0 Å². The minimum absolute atomic E-state index is 0.0542. The molecule has 0 bridgehead atoms. The van der Waals surface area contributed by atoms with Crippen molar-refractivity contribution >= 4 is 27.3 Å². The lowest BCUT2D eigenvalue weighted by Crippen LogP contribution is -2.12. The molecule has 0 aliphatic carbocycles. The van der Waals surface area contributed by atoms with Crippen molar-refractivity contribution in [3.8, 4) is 0 Å². The molecule has 0 aliphatic heterocycles. The number of anilines is 3. The number of sulfonamides is 1. The zero-order valence-corrected chi connectivity index (χ0v) is 15.3. The second-order valence-electron chi connectivity index (χ2n) is 5.92. The Labute approximate surface area is 156 Å². The molecule has 4 N–H and O–H groups in total. The van der Waals surface area contributed by atoms with E-state index >= 15 is 0 Å². The molecule has 9 heteroatoms. The molecule has 2 aromatic carbocycles. The molecule has 1 heterocycles. The SMILES string of the molecule is Cc1cc(Nc2cc(NCc3cccc(S(N)(=O)=O)c3)ncn2)ccc1F. The van der Waals surface area contributed by atoms with Crippen molar-refractivity contribution in [3.05, 3.63) is 71.8 Å². The molecule has 0 saturated carbocycles. The number of aryl methyl sites for hydroxylation is 1. The highest BCUT2D eigenvalue weighted by atomic mass is 32.2. The van der Waals surface area contributed by atoms with Crippen LogP contribution in [-0.4, -0.2) is 18.4 Å². The smallest absolute Gasteiger partial charge is 0.238 e. The van der Waals surface area contributed by atoms with Gasteiger partial charge in [0.25, 0.3) is 0 Å². The predicted octanol–water partition coefficient (Wildman–Crippen LogP) is 2.93. The molecule has 0 saturated heterocycles. The normalized spacial score (nSPS) is 11.2. The van der Waals surface area contributed by atoms with E-state index in [-0.39, 0.29) is 10.7 Å². The van der Waals surface area contributed by atoms with Crippen LogP contribution >= 0.6 is 0 Å². The number of nitrogens with two attached hydrogens (primary N) is 1. The Hall–Kier alpha value is -3.04. The number of hydrogen-bond acceptors (Lipinski definition) is 6. The lowest BCUT2D eigenvalue weighted by molar-refractivity contribution is 0.597. The average molecular weight is 387 g/mol. The summed E-state index contributed by atoms with van der Waals surface area (Å²) in [6, 6.07) is 12.7. The molecule has 3 aromatic rings. The second-order valence-corrected chi connectivity index (χ2v) is 7.48. The molecular formula is C18H18FN5O2S. The monoisotopic (exact) mass is 387 g/mol. The molecule has 7 nitrogen and oxygen atoms in total. The molecule has 0 fully saturated rings. The lowest BCUT2D eigenvalue weighted by atomic mass is 10.2. The minimum atomic E-state index is -3.75. The summed E-state index contributed by atoms with van der Waals surface area (Å²) in [5.74, 6) is 0.816. The maximum Gasteiger partial charge on any atom is 0.238 e. The van der Waals surface area contributed by atoms with Gasteiger partial charge in [-0.2, -0.15) is 0 Å². The van der Waals surface area contributed by atoms with Crippen molar-refractivity contribution in [2.75, 3.05) is 10.6 Å². The number of rotatable bonds is 6. The lowest BCUT2D eigenvalue weighted by Gasteiger charge is -2.10. The molecule has 0 amide bonds. The second kappa shape index (κ2) is 7.68. The third-order valence-corrected chi connectivity index (χ3v) is 4.71. The molecule has 0 aliphatic rings. The van der Waals surface area contributed by atoms with E-state index in [0.29, 0.717) is 29.4 Å². The van der Waals surface area contributed by atoms with Gasteiger partial charge in [-0.05, 0) is 48.4 Å². The minimum Gasteiger partial charge on any atom is -0.366 e. The summed E-state index contributed by atoms with van der Waals surface area (Å²) >= 11 is 0. The summed E-state index contributed by atoms with van der Waals surface area (Å²) in [5.41, 5.74) is 1.98. The van der Waals surface area contributed by atoms with Crippen LogP contribution < -0.4 is 15.8 Å². The molecule has 0 atom stereocenters. The number of nitrogens with zero attached hydrogens (tertiary/aromatic N) is 2. The molecule has 0 unspecified atom stereocenters. The molecule has 0 spiro atoms. The van der Waals surface area contributed by atoms with Gasteiger partial charge in [-0.15, -0.1) is 0 Å². The van der Waals surface area contributed by atoms with Crippen molar-refractivity contribution in [2.45, 2.75) is 18.4 Å². The van der Waals surface area contributed by atoms with E-state index in [0.717, 1.165) is 5.56 Å². The summed E-state index contributed by atoms with van der Waals surface area (Å²) in [4.78, 5) is 8.32. The summed E-state index contributed by atoms with van der Waals surface area (Å²) in [6.07, 6.45) is 1.39. The first-order valence-electron chi connectivity index (χ1n) is 8.02. The Kier molecular flexibility index (Phi) is 5.33. The topological polar surface area (TPSA) is 110 Å². The summed E-state index contributed by atoms with van der Waals surface area (Å²) < 4.78 is 36.2. The van der Waals surface area contributed by atoms with Crippen LogP contribution in [0.4, 0.5) is 21.7 Å². The van der Waals surface area contributed by atoms with Crippen molar-refractivity contribution in [2.24, 2.45) is 5.14 Å². The fourth-order valence-electron chi connectivity index (χ4n) is 2.42. The van der Waals surface area contributed by atoms with E-state index in [4.69, 9.17) is 5.14 Å². The van der Waals surface area contributed by atoms with Crippen LogP contribution in [0.3, 0.4) is 0 Å². The zero-order valence-electron chi connectivity index (χ0n) is 14.5. The van der Waals surface area contributed by atoms with Crippen LogP contribution in [0.1, 0.15) is 11.1 Å². The zero-order chi connectivity index (χ0) is 19.4. The van der Waals surface area contributed by atoms with Gasteiger partial charge >= 0.3 is 0 Å². The maximum atomic E-state index is 13.4. The Morgan fingerprint density at radius 2 is 1.85 bits per heavy atom. The summed E-state index contributed by atoms with van der Waals surface area (Å²) in [6.45, 7) is 2.04. The first-order valence-corrected chi connectivity index (χ1v) is 9.57. The van der Waals surface area contributed by atoms with Crippen molar-refractivity contribution < 1.29 is 12.8 Å². The van der Waals surface area contributed by atoms with Crippen LogP contribution in [-0.2, 0) is 16.6 Å². The summed E-state index contributed by atoms with van der Waals surface area (Å²) in [5, 5.41) is 11.3.